The number of benzene rings is 4. The van der Waals surface area contributed by atoms with Crippen LogP contribution in [-0.4, -0.2) is 4.98 Å². The summed E-state index contributed by atoms with van der Waals surface area (Å²) < 4.78 is 0. The van der Waals surface area contributed by atoms with Crippen molar-refractivity contribution in [2.45, 2.75) is 5.41 Å². The molecule has 4 aromatic carbocycles. The van der Waals surface area contributed by atoms with Crippen LogP contribution in [0.1, 0.15) is 22.3 Å². The first-order chi connectivity index (χ1) is 13.9. The second-order valence-corrected chi connectivity index (χ2v) is 7.45. The first-order valence-electron chi connectivity index (χ1n) is 9.72. The predicted octanol–water partition coefficient (Wildman–Crippen LogP) is 6.53. The summed E-state index contributed by atoms with van der Waals surface area (Å²) in [5.41, 5.74) is 8.89. The maximum atomic E-state index is 3.39. The molecule has 6 rings (SSSR count). The second kappa shape index (κ2) is 5.71. The van der Waals surface area contributed by atoms with E-state index in [9.17, 15) is 0 Å². The minimum atomic E-state index is -0.306. The fourth-order valence-corrected chi connectivity index (χ4v) is 5.07. The van der Waals surface area contributed by atoms with E-state index in [1.165, 1.54) is 44.3 Å². The third kappa shape index (κ3) is 1.86. The van der Waals surface area contributed by atoms with Gasteiger partial charge in [-0.05, 0) is 45.5 Å². The molecule has 0 atom stereocenters. The summed E-state index contributed by atoms with van der Waals surface area (Å²) in [4.78, 5) is 3.39. The molecule has 0 spiro atoms. The largest absolute Gasteiger partial charge is 0.361 e. The van der Waals surface area contributed by atoms with E-state index in [1.54, 1.807) is 0 Å². The molecule has 0 bridgehead atoms. The number of aromatic amines is 1. The van der Waals surface area contributed by atoms with Crippen molar-refractivity contribution in [3.8, 4) is 11.1 Å². The third-order valence-corrected chi connectivity index (χ3v) is 6.15. The van der Waals surface area contributed by atoms with Crippen LogP contribution in [-0.2, 0) is 5.41 Å². The van der Waals surface area contributed by atoms with Crippen molar-refractivity contribution < 1.29 is 0 Å². The lowest BCUT2D eigenvalue weighted by molar-refractivity contribution is 0.769. The van der Waals surface area contributed by atoms with Crippen LogP contribution in [0.2, 0.25) is 0 Å². The highest BCUT2D eigenvalue weighted by molar-refractivity contribution is 6.03. The molecule has 0 unspecified atom stereocenters. The molecule has 1 aromatic heterocycles. The summed E-state index contributed by atoms with van der Waals surface area (Å²) in [6, 6.07) is 37.5. The van der Waals surface area contributed by atoms with Gasteiger partial charge in [0.25, 0.3) is 0 Å². The molecule has 0 saturated carbocycles. The zero-order chi connectivity index (χ0) is 18.6. The van der Waals surface area contributed by atoms with Crippen LogP contribution in [0.4, 0.5) is 0 Å². The Balaban J connectivity index is 1.85. The quantitative estimate of drug-likeness (QED) is 0.362. The van der Waals surface area contributed by atoms with E-state index < -0.39 is 0 Å². The van der Waals surface area contributed by atoms with E-state index in [0.29, 0.717) is 0 Å². The Labute approximate surface area is 164 Å². The fraction of sp³-hybridized carbons (Fsp3) is 0.0370. The Morgan fingerprint density at radius 1 is 0.536 bits per heavy atom. The maximum Gasteiger partial charge on any atom is 0.0713 e. The number of aromatic nitrogens is 1. The Kier molecular flexibility index (Phi) is 3.15. The molecule has 0 fully saturated rings. The highest BCUT2D eigenvalue weighted by Crippen LogP contribution is 2.57. The molecule has 1 heterocycles. The molecule has 28 heavy (non-hydrogen) atoms. The number of hydrogen-bond donors (Lipinski definition) is 1. The molecule has 0 saturated heterocycles. The fourth-order valence-electron chi connectivity index (χ4n) is 5.07. The summed E-state index contributed by atoms with van der Waals surface area (Å²) in [5, 5.41) is 1.29. The van der Waals surface area contributed by atoms with E-state index in [4.69, 9.17) is 0 Å². The predicted molar refractivity (Wildman–Crippen MR) is 116 cm³/mol. The van der Waals surface area contributed by atoms with Crippen LogP contribution in [0, 0.1) is 0 Å². The number of fused-ring (bicyclic) bond motifs is 5. The SMILES string of the molecule is c1ccc(C2(c3ccccc3)c3ccccc3-c3c2ccc2[nH]ccc32)cc1. The molecule has 0 amide bonds. The van der Waals surface area contributed by atoms with Crippen molar-refractivity contribution in [2.75, 3.05) is 0 Å². The van der Waals surface area contributed by atoms with Gasteiger partial charge in [0.1, 0.15) is 0 Å². The van der Waals surface area contributed by atoms with Crippen LogP contribution >= 0.6 is 0 Å². The molecular formula is C27H19N. The summed E-state index contributed by atoms with van der Waals surface area (Å²) in [6.07, 6.45) is 2.04. The van der Waals surface area contributed by atoms with Gasteiger partial charge in [-0.25, -0.2) is 0 Å². The van der Waals surface area contributed by atoms with Crippen molar-refractivity contribution in [3.63, 3.8) is 0 Å². The van der Waals surface area contributed by atoms with Crippen molar-refractivity contribution >= 4 is 10.9 Å². The van der Waals surface area contributed by atoms with Gasteiger partial charge in [-0.15, -0.1) is 0 Å². The Morgan fingerprint density at radius 3 is 1.89 bits per heavy atom. The number of rotatable bonds is 2. The minimum Gasteiger partial charge on any atom is -0.361 e. The van der Waals surface area contributed by atoms with E-state index in [-0.39, 0.29) is 5.41 Å². The van der Waals surface area contributed by atoms with Crippen molar-refractivity contribution in [3.05, 3.63) is 132 Å². The van der Waals surface area contributed by atoms with Crippen molar-refractivity contribution in [2.24, 2.45) is 0 Å². The van der Waals surface area contributed by atoms with Gasteiger partial charge in [-0.2, -0.15) is 0 Å². The number of nitrogens with one attached hydrogen (secondary N) is 1. The summed E-state index contributed by atoms with van der Waals surface area (Å²) in [5.74, 6) is 0. The Morgan fingerprint density at radius 2 is 1.18 bits per heavy atom. The highest BCUT2D eigenvalue weighted by atomic mass is 14.7. The molecule has 1 nitrogen and oxygen atoms in total. The first kappa shape index (κ1) is 15.5. The molecule has 1 N–H and O–H groups in total. The van der Waals surface area contributed by atoms with Gasteiger partial charge in [0, 0.05) is 17.1 Å². The number of H-pyrrole nitrogens is 1. The molecule has 0 aliphatic heterocycles. The molecule has 0 radical (unpaired) electrons. The summed E-state index contributed by atoms with van der Waals surface area (Å²) in [6.45, 7) is 0. The average Bonchev–Trinajstić information content (AvgIpc) is 3.36. The molecular weight excluding hydrogens is 338 g/mol. The summed E-state index contributed by atoms with van der Waals surface area (Å²) >= 11 is 0. The van der Waals surface area contributed by atoms with Crippen LogP contribution in [0.3, 0.4) is 0 Å². The zero-order valence-corrected chi connectivity index (χ0v) is 15.4. The van der Waals surface area contributed by atoms with E-state index in [0.717, 1.165) is 0 Å². The zero-order valence-electron chi connectivity index (χ0n) is 15.4. The van der Waals surface area contributed by atoms with Gasteiger partial charge in [-0.3, -0.25) is 0 Å². The first-order valence-corrected chi connectivity index (χ1v) is 9.72. The standard InChI is InChI=1S/C27H19N/c1-3-9-19(10-4-1)27(20-11-5-2-6-12-20)23-14-8-7-13-21(23)26-22-17-18-28-25(22)16-15-24(26)27/h1-18,28H. The Bertz CT molecular complexity index is 1260. The van der Waals surface area contributed by atoms with Gasteiger partial charge in [0.05, 0.1) is 5.41 Å². The van der Waals surface area contributed by atoms with Gasteiger partial charge < -0.3 is 4.98 Å². The van der Waals surface area contributed by atoms with E-state index >= 15 is 0 Å². The molecule has 5 aromatic rings. The van der Waals surface area contributed by atoms with Gasteiger partial charge in [0.2, 0.25) is 0 Å². The van der Waals surface area contributed by atoms with E-state index in [2.05, 4.69) is 108 Å². The van der Waals surface area contributed by atoms with Gasteiger partial charge in [0.15, 0.2) is 0 Å². The topological polar surface area (TPSA) is 15.8 Å². The Hall–Kier alpha value is -3.58. The maximum absolute atomic E-state index is 3.39. The van der Waals surface area contributed by atoms with Crippen LogP contribution in [0.15, 0.2) is 109 Å². The van der Waals surface area contributed by atoms with E-state index in [1.807, 2.05) is 6.20 Å². The second-order valence-electron chi connectivity index (χ2n) is 7.45. The lowest BCUT2D eigenvalue weighted by atomic mass is 9.67. The van der Waals surface area contributed by atoms with Gasteiger partial charge >= 0.3 is 0 Å². The lowest BCUT2D eigenvalue weighted by Crippen LogP contribution is -2.28. The summed E-state index contributed by atoms with van der Waals surface area (Å²) in [7, 11) is 0. The molecule has 1 aliphatic carbocycles. The van der Waals surface area contributed by atoms with Crippen molar-refractivity contribution in [1.29, 1.82) is 0 Å². The minimum absolute atomic E-state index is 0.306. The third-order valence-electron chi connectivity index (χ3n) is 6.15. The highest BCUT2D eigenvalue weighted by Gasteiger charge is 2.46. The molecule has 1 aliphatic rings. The number of hydrogen-bond acceptors (Lipinski definition) is 0. The van der Waals surface area contributed by atoms with Crippen LogP contribution in [0.25, 0.3) is 22.0 Å². The molecule has 132 valence electrons. The lowest BCUT2D eigenvalue weighted by Gasteiger charge is -2.33. The average molecular weight is 357 g/mol. The van der Waals surface area contributed by atoms with Crippen LogP contribution in [0.5, 0.6) is 0 Å². The smallest absolute Gasteiger partial charge is 0.0713 e. The molecule has 1 heteroatoms. The van der Waals surface area contributed by atoms with Crippen molar-refractivity contribution in [1.82, 2.24) is 4.98 Å². The van der Waals surface area contributed by atoms with Gasteiger partial charge in [-0.1, -0.05) is 91.0 Å². The monoisotopic (exact) mass is 357 g/mol. The van der Waals surface area contributed by atoms with Crippen LogP contribution < -0.4 is 0 Å². The normalized spacial score (nSPS) is 14.0.